The van der Waals surface area contributed by atoms with Crippen LogP contribution in [0.25, 0.3) is 0 Å². The number of hydrogen-bond acceptors (Lipinski definition) is 4. The van der Waals surface area contributed by atoms with Crippen LogP contribution in [0, 0.1) is 0 Å². The fraction of sp³-hybridized carbons (Fsp3) is 0.182. The Morgan fingerprint density at radius 3 is 2.60 bits per heavy atom. The lowest BCUT2D eigenvalue weighted by atomic mass is 10.1. The monoisotopic (exact) mass is 207 g/mol. The largest absolute Gasteiger partial charge is 0.497 e. The molecule has 0 bridgehead atoms. The van der Waals surface area contributed by atoms with Crippen LogP contribution in [0.1, 0.15) is 10.4 Å². The molecule has 0 spiro atoms. The van der Waals surface area contributed by atoms with Crippen molar-refractivity contribution in [2.45, 2.75) is 0 Å². The zero-order chi connectivity index (χ0) is 11.3. The van der Waals surface area contributed by atoms with Crippen molar-refractivity contribution in [3.63, 3.8) is 0 Å². The third-order valence-electron chi connectivity index (χ3n) is 1.92. The number of rotatable bonds is 4. The van der Waals surface area contributed by atoms with Gasteiger partial charge in [-0.2, -0.15) is 0 Å². The normalized spacial score (nSPS) is 10.3. The second kappa shape index (κ2) is 5.05. The summed E-state index contributed by atoms with van der Waals surface area (Å²) in [5.74, 6) is 0.912. The molecule has 0 saturated carbocycles. The molecule has 4 nitrogen and oxygen atoms in total. The van der Waals surface area contributed by atoms with E-state index in [9.17, 15) is 4.79 Å². The predicted octanol–water partition coefficient (Wildman–Crippen LogP) is 1.36. The van der Waals surface area contributed by atoms with Crippen molar-refractivity contribution >= 4 is 5.78 Å². The molecule has 0 aliphatic rings. The lowest BCUT2D eigenvalue weighted by molar-refractivity contribution is 0.104. The Labute approximate surface area is 88.3 Å². The highest BCUT2D eigenvalue weighted by molar-refractivity contribution is 6.06. The maximum atomic E-state index is 11.5. The molecule has 80 valence electrons. The highest BCUT2D eigenvalue weighted by atomic mass is 16.5. The first kappa shape index (κ1) is 11.1. The predicted molar refractivity (Wildman–Crippen MR) is 57.2 cm³/mol. The van der Waals surface area contributed by atoms with Gasteiger partial charge in [-0.1, -0.05) is 0 Å². The summed E-state index contributed by atoms with van der Waals surface area (Å²) in [7, 11) is 3.05. The van der Waals surface area contributed by atoms with Gasteiger partial charge < -0.3 is 15.2 Å². The summed E-state index contributed by atoms with van der Waals surface area (Å²) in [5, 5.41) is 0. The van der Waals surface area contributed by atoms with Crippen molar-refractivity contribution in [2.75, 3.05) is 14.2 Å². The van der Waals surface area contributed by atoms with Gasteiger partial charge in [-0.15, -0.1) is 0 Å². The molecule has 1 rings (SSSR count). The van der Waals surface area contributed by atoms with Crippen molar-refractivity contribution in [1.82, 2.24) is 0 Å². The summed E-state index contributed by atoms with van der Waals surface area (Å²) in [6.07, 6.45) is 2.48. The molecular weight excluding hydrogens is 194 g/mol. The molecule has 2 N–H and O–H groups in total. The number of nitrogens with two attached hydrogens (primary N) is 1. The van der Waals surface area contributed by atoms with Crippen molar-refractivity contribution in [3.05, 3.63) is 36.0 Å². The highest BCUT2D eigenvalue weighted by Gasteiger charge is 2.10. The summed E-state index contributed by atoms with van der Waals surface area (Å²) < 4.78 is 10.1. The Hall–Kier alpha value is -1.97. The van der Waals surface area contributed by atoms with E-state index in [0.29, 0.717) is 17.1 Å². The Bertz CT molecular complexity index is 385. The number of carbonyl (C=O) groups excluding carboxylic acids is 1. The van der Waals surface area contributed by atoms with E-state index in [2.05, 4.69) is 0 Å². The molecule has 15 heavy (non-hydrogen) atoms. The zero-order valence-electron chi connectivity index (χ0n) is 8.69. The van der Waals surface area contributed by atoms with Gasteiger partial charge in [-0.25, -0.2) is 0 Å². The van der Waals surface area contributed by atoms with Gasteiger partial charge in [0.15, 0.2) is 5.78 Å². The van der Waals surface area contributed by atoms with Crippen LogP contribution in [0.15, 0.2) is 30.5 Å². The molecular formula is C11H13NO3. The number of benzene rings is 1. The molecule has 0 saturated heterocycles. The average molecular weight is 207 g/mol. The van der Waals surface area contributed by atoms with E-state index >= 15 is 0 Å². The minimum absolute atomic E-state index is 0.197. The fourth-order valence-corrected chi connectivity index (χ4v) is 1.18. The summed E-state index contributed by atoms with van der Waals surface area (Å²) in [6, 6.07) is 4.98. The second-order valence-corrected chi connectivity index (χ2v) is 2.79. The summed E-state index contributed by atoms with van der Waals surface area (Å²) in [5.41, 5.74) is 5.61. The summed E-state index contributed by atoms with van der Waals surface area (Å²) in [4.78, 5) is 11.5. The Morgan fingerprint density at radius 1 is 1.33 bits per heavy atom. The van der Waals surface area contributed by atoms with Crippen molar-refractivity contribution in [1.29, 1.82) is 0 Å². The van der Waals surface area contributed by atoms with E-state index in [4.69, 9.17) is 15.2 Å². The molecule has 0 atom stereocenters. The third-order valence-corrected chi connectivity index (χ3v) is 1.92. The minimum Gasteiger partial charge on any atom is -0.497 e. The SMILES string of the molecule is COc1ccc(C(=O)/C=C/N)c(OC)c1. The topological polar surface area (TPSA) is 61.5 Å². The van der Waals surface area contributed by atoms with Crippen LogP contribution in [0.3, 0.4) is 0 Å². The first-order valence-corrected chi connectivity index (χ1v) is 4.37. The molecule has 4 heteroatoms. The van der Waals surface area contributed by atoms with Crippen LogP contribution in [0.5, 0.6) is 11.5 Å². The van der Waals surface area contributed by atoms with Crippen LogP contribution < -0.4 is 15.2 Å². The molecule has 0 fully saturated rings. The molecule has 0 amide bonds. The summed E-state index contributed by atoms with van der Waals surface area (Å²) >= 11 is 0. The van der Waals surface area contributed by atoms with Gasteiger partial charge >= 0.3 is 0 Å². The maximum absolute atomic E-state index is 11.5. The smallest absolute Gasteiger partial charge is 0.190 e. The maximum Gasteiger partial charge on any atom is 0.190 e. The van der Waals surface area contributed by atoms with E-state index in [1.807, 2.05) is 0 Å². The number of ketones is 1. The number of allylic oxidation sites excluding steroid dienone is 1. The van der Waals surface area contributed by atoms with Crippen LogP contribution in [0.4, 0.5) is 0 Å². The van der Waals surface area contributed by atoms with Crippen LogP contribution in [0.2, 0.25) is 0 Å². The van der Waals surface area contributed by atoms with Crippen molar-refractivity contribution < 1.29 is 14.3 Å². The number of methoxy groups -OCH3 is 2. The lowest BCUT2D eigenvalue weighted by Crippen LogP contribution is -2.00. The van der Waals surface area contributed by atoms with Crippen molar-refractivity contribution in [3.8, 4) is 11.5 Å². The lowest BCUT2D eigenvalue weighted by Gasteiger charge is -2.07. The van der Waals surface area contributed by atoms with Crippen LogP contribution in [-0.4, -0.2) is 20.0 Å². The van der Waals surface area contributed by atoms with E-state index in [1.54, 1.807) is 25.3 Å². The zero-order valence-corrected chi connectivity index (χ0v) is 8.69. The number of ether oxygens (including phenoxy) is 2. The summed E-state index contributed by atoms with van der Waals surface area (Å²) in [6.45, 7) is 0. The molecule has 1 aromatic carbocycles. The standard InChI is InChI=1S/C11H13NO3/c1-14-8-3-4-9(10(13)5-6-12)11(7-8)15-2/h3-7H,12H2,1-2H3/b6-5+. The number of hydrogen-bond donors (Lipinski definition) is 1. The van der Waals surface area contributed by atoms with E-state index in [1.165, 1.54) is 19.4 Å². The van der Waals surface area contributed by atoms with Crippen LogP contribution >= 0.6 is 0 Å². The molecule has 0 heterocycles. The van der Waals surface area contributed by atoms with Gasteiger partial charge in [0.25, 0.3) is 0 Å². The van der Waals surface area contributed by atoms with Crippen LogP contribution in [-0.2, 0) is 0 Å². The molecule has 0 aliphatic heterocycles. The minimum atomic E-state index is -0.197. The molecule has 0 unspecified atom stereocenters. The molecule has 1 aromatic rings. The van der Waals surface area contributed by atoms with Gasteiger partial charge in [0.2, 0.25) is 0 Å². The van der Waals surface area contributed by atoms with Crippen molar-refractivity contribution in [2.24, 2.45) is 5.73 Å². The molecule has 0 aliphatic carbocycles. The quantitative estimate of drug-likeness (QED) is 0.598. The van der Waals surface area contributed by atoms with E-state index in [0.717, 1.165) is 0 Å². The van der Waals surface area contributed by atoms with Gasteiger partial charge in [-0.3, -0.25) is 4.79 Å². The van der Waals surface area contributed by atoms with E-state index < -0.39 is 0 Å². The Morgan fingerprint density at radius 2 is 2.07 bits per heavy atom. The second-order valence-electron chi connectivity index (χ2n) is 2.79. The van der Waals surface area contributed by atoms with Gasteiger partial charge in [0, 0.05) is 12.1 Å². The highest BCUT2D eigenvalue weighted by Crippen LogP contribution is 2.24. The van der Waals surface area contributed by atoms with Gasteiger partial charge in [0.05, 0.1) is 19.8 Å². The average Bonchev–Trinajstić information content (AvgIpc) is 2.28. The first-order chi connectivity index (χ1) is 7.22. The number of carbonyl (C=O) groups is 1. The fourth-order valence-electron chi connectivity index (χ4n) is 1.18. The van der Waals surface area contributed by atoms with E-state index in [-0.39, 0.29) is 5.78 Å². The Kier molecular flexibility index (Phi) is 3.74. The first-order valence-electron chi connectivity index (χ1n) is 4.37. The Balaban J connectivity index is 3.12. The van der Waals surface area contributed by atoms with Gasteiger partial charge in [0.1, 0.15) is 11.5 Å². The molecule has 0 aromatic heterocycles. The third kappa shape index (κ3) is 2.49. The molecule has 0 radical (unpaired) electrons. The van der Waals surface area contributed by atoms with Gasteiger partial charge in [-0.05, 0) is 18.3 Å².